The number of carboxylic acids is 1. The highest BCUT2D eigenvalue weighted by molar-refractivity contribution is 6.04. The van der Waals surface area contributed by atoms with E-state index in [2.05, 4.69) is 4.98 Å². The molecule has 0 spiro atoms. The van der Waals surface area contributed by atoms with Gasteiger partial charge >= 0.3 is 12.1 Å². The van der Waals surface area contributed by atoms with E-state index in [0.29, 0.717) is 10.9 Å². The normalized spacial score (nSPS) is 16.0. The van der Waals surface area contributed by atoms with Crippen LogP contribution < -0.4 is 10.5 Å². The number of hydrogen-bond acceptors (Lipinski definition) is 7. The Morgan fingerprint density at radius 1 is 1.22 bits per heavy atom. The quantitative estimate of drug-likeness (QED) is 0.658. The molecule has 3 N–H and O–H groups in total. The lowest BCUT2D eigenvalue weighted by atomic mass is 10.0. The van der Waals surface area contributed by atoms with E-state index in [1.807, 2.05) is 0 Å². The Morgan fingerprint density at radius 3 is 2.56 bits per heavy atom. The standard InChI is InChI=1S/C21H24N4O7/c1-3-32-21(30)25-9-8-24(11-15(25)20(28)29)16(26)10-14-17(19(22)27)18(31-2)12-6-4-5-7-13(12)23-14/h4-7,15H,3,8-11H2,1-2H3,(H2,22,27)(H,28,29). The van der Waals surface area contributed by atoms with Crippen molar-refractivity contribution in [1.29, 1.82) is 0 Å². The highest BCUT2D eigenvalue weighted by Gasteiger charge is 2.38. The van der Waals surface area contributed by atoms with Crippen LogP contribution in [0.3, 0.4) is 0 Å². The Bertz CT molecular complexity index is 1070. The predicted molar refractivity (Wildman–Crippen MR) is 112 cm³/mol. The van der Waals surface area contributed by atoms with Crippen molar-refractivity contribution in [1.82, 2.24) is 14.8 Å². The topological polar surface area (TPSA) is 152 Å². The number of aliphatic carboxylic acids is 1. The Morgan fingerprint density at radius 2 is 1.94 bits per heavy atom. The predicted octanol–water partition coefficient (Wildman–Crippen LogP) is 0.639. The van der Waals surface area contributed by atoms with Crippen molar-refractivity contribution in [3.05, 3.63) is 35.5 Å². The molecular formula is C21H24N4O7. The molecule has 32 heavy (non-hydrogen) atoms. The minimum Gasteiger partial charge on any atom is -0.495 e. The molecule has 2 heterocycles. The summed E-state index contributed by atoms with van der Waals surface area (Å²) < 4.78 is 10.3. The van der Waals surface area contributed by atoms with Crippen LogP contribution in [-0.2, 0) is 20.7 Å². The van der Waals surface area contributed by atoms with Crippen LogP contribution in [0.2, 0.25) is 0 Å². The number of nitrogens with zero attached hydrogens (tertiary/aromatic N) is 3. The number of pyridine rings is 1. The molecule has 1 atom stereocenters. The van der Waals surface area contributed by atoms with Crippen LogP contribution in [0.25, 0.3) is 10.9 Å². The van der Waals surface area contributed by atoms with E-state index < -0.39 is 29.9 Å². The van der Waals surface area contributed by atoms with E-state index >= 15 is 0 Å². The molecular weight excluding hydrogens is 420 g/mol. The van der Waals surface area contributed by atoms with Gasteiger partial charge in [0.05, 0.1) is 37.9 Å². The van der Waals surface area contributed by atoms with E-state index in [1.54, 1.807) is 31.2 Å². The monoisotopic (exact) mass is 444 g/mol. The van der Waals surface area contributed by atoms with Gasteiger partial charge in [-0.25, -0.2) is 9.59 Å². The number of aromatic nitrogens is 1. The van der Waals surface area contributed by atoms with Crippen LogP contribution in [0, 0.1) is 0 Å². The lowest BCUT2D eigenvalue weighted by molar-refractivity contribution is -0.147. The molecule has 1 fully saturated rings. The van der Waals surface area contributed by atoms with Gasteiger partial charge in [-0.1, -0.05) is 12.1 Å². The minimum absolute atomic E-state index is 0.000468. The first-order valence-electron chi connectivity index (χ1n) is 9.97. The summed E-state index contributed by atoms with van der Waals surface area (Å²) in [5.41, 5.74) is 6.22. The van der Waals surface area contributed by atoms with Crippen LogP contribution in [0.4, 0.5) is 4.79 Å². The van der Waals surface area contributed by atoms with E-state index in [0.717, 1.165) is 4.90 Å². The van der Waals surface area contributed by atoms with Gasteiger partial charge in [0.2, 0.25) is 5.91 Å². The molecule has 0 bridgehead atoms. The Hall–Kier alpha value is -3.89. The van der Waals surface area contributed by atoms with Crippen LogP contribution in [0.5, 0.6) is 5.75 Å². The van der Waals surface area contributed by atoms with Gasteiger partial charge in [-0.05, 0) is 19.1 Å². The van der Waals surface area contributed by atoms with Gasteiger partial charge in [0.25, 0.3) is 5.91 Å². The minimum atomic E-state index is -1.25. The molecule has 2 aromatic rings. The van der Waals surface area contributed by atoms with E-state index in [-0.39, 0.29) is 49.7 Å². The lowest BCUT2D eigenvalue weighted by Crippen LogP contribution is -2.59. The van der Waals surface area contributed by atoms with Gasteiger partial charge in [0.15, 0.2) is 0 Å². The summed E-state index contributed by atoms with van der Waals surface area (Å²) >= 11 is 0. The number of hydrogen-bond donors (Lipinski definition) is 2. The van der Waals surface area contributed by atoms with Crippen molar-refractivity contribution >= 4 is 34.8 Å². The molecule has 1 unspecified atom stereocenters. The highest BCUT2D eigenvalue weighted by Crippen LogP contribution is 2.31. The largest absolute Gasteiger partial charge is 0.495 e. The number of carboxylic acid groups (broad SMARTS) is 1. The first-order valence-corrected chi connectivity index (χ1v) is 9.97. The molecule has 1 aliphatic heterocycles. The van der Waals surface area contributed by atoms with Crippen molar-refractivity contribution in [3.8, 4) is 5.75 Å². The number of nitrogens with two attached hydrogens (primary N) is 1. The van der Waals surface area contributed by atoms with Gasteiger partial charge < -0.3 is 25.2 Å². The van der Waals surface area contributed by atoms with Gasteiger partial charge in [-0.2, -0.15) is 0 Å². The first kappa shape index (κ1) is 22.8. The second-order valence-corrected chi connectivity index (χ2v) is 7.11. The molecule has 0 radical (unpaired) electrons. The maximum Gasteiger partial charge on any atom is 0.410 e. The van der Waals surface area contributed by atoms with Crippen molar-refractivity contribution < 1.29 is 33.8 Å². The first-order chi connectivity index (χ1) is 15.3. The van der Waals surface area contributed by atoms with Gasteiger partial charge in [0.1, 0.15) is 17.4 Å². The zero-order valence-electron chi connectivity index (χ0n) is 17.7. The molecule has 0 saturated carbocycles. The Kier molecular flexibility index (Phi) is 6.76. The number of piperazine rings is 1. The van der Waals surface area contributed by atoms with Crippen LogP contribution in [0.1, 0.15) is 23.0 Å². The molecule has 11 heteroatoms. The fourth-order valence-electron chi connectivity index (χ4n) is 3.72. The second-order valence-electron chi connectivity index (χ2n) is 7.11. The van der Waals surface area contributed by atoms with E-state index in [4.69, 9.17) is 15.2 Å². The third-order valence-corrected chi connectivity index (χ3v) is 5.21. The van der Waals surface area contributed by atoms with Gasteiger partial charge in [0, 0.05) is 18.5 Å². The number of rotatable bonds is 6. The number of para-hydroxylation sites is 1. The lowest BCUT2D eigenvalue weighted by Gasteiger charge is -2.38. The third-order valence-electron chi connectivity index (χ3n) is 5.21. The summed E-state index contributed by atoms with van der Waals surface area (Å²) in [6, 6.07) is 5.72. The smallest absolute Gasteiger partial charge is 0.410 e. The summed E-state index contributed by atoms with van der Waals surface area (Å²) in [5.74, 6) is -2.27. The average Bonchev–Trinajstić information content (AvgIpc) is 2.77. The number of amides is 3. The fourth-order valence-corrected chi connectivity index (χ4v) is 3.72. The molecule has 1 aliphatic rings. The molecule has 1 aromatic heterocycles. The maximum absolute atomic E-state index is 13.0. The summed E-state index contributed by atoms with van der Waals surface area (Å²) in [6.45, 7) is 1.62. The van der Waals surface area contributed by atoms with Crippen molar-refractivity contribution in [2.45, 2.75) is 19.4 Å². The van der Waals surface area contributed by atoms with Gasteiger partial charge in [-0.15, -0.1) is 0 Å². The van der Waals surface area contributed by atoms with Crippen LogP contribution >= 0.6 is 0 Å². The molecule has 3 amide bonds. The summed E-state index contributed by atoms with van der Waals surface area (Å²) in [4.78, 5) is 55.8. The number of methoxy groups -OCH3 is 1. The van der Waals surface area contributed by atoms with Crippen molar-refractivity contribution in [3.63, 3.8) is 0 Å². The highest BCUT2D eigenvalue weighted by atomic mass is 16.6. The molecule has 11 nitrogen and oxygen atoms in total. The number of fused-ring (bicyclic) bond motifs is 1. The fraction of sp³-hybridized carbons (Fsp3) is 0.381. The molecule has 170 valence electrons. The summed E-state index contributed by atoms with van der Waals surface area (Å²) in [6.07, 6.45) is -1.03. The number of benzene rings is 1. The zero-order valence-corrected chi connectivity index (χ0v) is 17.7. The van der Waals surface area contributed by atoms with Crippen molar-refractivity contribution in [2.75, 3.05) is 33.4 Å². The maximum atomic E-state index is 13.0. The van der Waals surface area contributed by atoms with E-state index in [9.17, 15) is 24.3 Å². The number of carbonyl (C=O) groups excluding carboxylic acids is 3. The molecule has 0 aliphatic carbocycles. The van der Waals surface area contributed by atoms with E-state index in [1.165, 1.54) is 12.0 Å². The van der Waals surface area contributed by atoms with Crippen LogP contribution in [0.15, 0.2) is 24.3 Å². The molecule has 1 saturated heterocycles. The summed E-state index contributed by atoms with van der Waals surface area (Å²) in [7, 11) is 1.39. The Balaban J connectivity index is 1.89. The summed E-state index contributed by atoms with van der Waals surface area (Å²) in [5, 5.41) is 10.1. The zero-order chi connectivity index (χ0) is 23.4. The SMILES string of the molecule is CCOC(=O)N1CCN(C(=O)Cc2nc3ccccc3c(OC)c2C(N)=O)CC1C(=O)O. The number of primary amides is 1. The third kappa shape index (κ3) is 4.41. The number of ether oxygens (including phenoxy) is 2. The van der Waals surface area contributed by atoms with Crippen molar-refractivity contribution in [2.24, 2.45) is 5.73 Å². The number of carbonyl (C=O) groups is 4. The molecule has 1 aromatic carbocycles. The van der Waals surface area contributed by atoms with Gasteiger partial charge in [-0.3, -0.25) is 19.5 Å². The Labute approximate surface area is 183 Å². The molecule has 3 rings (SSSR count). The average molecular weight is 444 g/mol. The van der Waals surface area contributed by atoms with Crippen LogP contribution in [-0.4, -0.2) is 83.2 Å². The second kappa shape index (κ2) is 9.50.